The van der Waals surface area contributed by atoms with Gasteiger partial charge >= 0.3 is 0 Å². The molecule has 0 fully saturated rings. The van der Waals surface area contributed by atoms with Crippen molar-refractivity contribution >= 4 is 5.78 Å². The van der Waals surface area contributed by atoms with Gasteiger partial charge in [0.2, 0.25) is 0 Å². The molecule has 164 valence electrons. The summed E-state index contributed by atoms with van der Waals surface area (Å²) in [5.74, 6) is 0.886. The number of phenols is 1. The van der Waals surface area contributed by atoms with Crippen LogP contribution in [0.3, 0.4) is 0 Å². The van der Waals surface area contributed by atoms with Gasteiger partial charge in [-0.15, -0.1) is 0 Å². The molecule has 3 nitrogen and oxygen atoms in total. The van der Waals surface area contributed by atoms with Crippen LogP contribution < -0.4 is 4.74 Å². The fourth-order valence-electron chi connectivity index (χ4n) is 3.77. The predicted molar refractivity (Wildman–Crippen MR) is 126 cm³/mol. The van der Waals surface area contributed by atoms with Crippen molar-refractivity contribution in [3.8, 4) is 11.5 Å². The molecule has 1 aromatic carbocycles. The van der Waals surface area contributed by atoms with Crippen molar-refractivity contribution in [1.82, 2.24) is 0 Å². The lowest BCUT2D eigenvalue weighted by molar-refractivity contribution is 0.0837. The summed E-state index contributed by atoms with van der Waals surface area (Å²) >= 11 is 0. The Kier molecular flexibility index (Phi) is 8.95. The smallest absolute Gasteiger partial charge is 0.170 e. The van der Waals surface area contributed by atoms with Gasteiger partial charge in [0.05, 0.1) is 5.56 Å². The molecule has 0 aromatic heterocycles. The summed E-state index contributed by atoms with van der Waals surface area (Å²) in [6, 6.07) is 1.55. The van der Waals surface area contributed by atoms with Gasteiger partial charge in [0.1, 0.15) is 17.6 Å². The van der Waals surface area contributed by atoms with E-state index in [0.717, 1.165) is 49.7 Å². The van der Waals surface area contributed by atoms with Crippen LogP contribution in [0.4, 0.5) is 0 Å². The van der Waals surface area contributed by atoms with E-state index in [0.29, 0.717) is 17.7 Å². The second-order valence-corrected chi connectivity index (χ2v) is 8.93. The van der Waals surface area contributed by atoms with Crippen molar-refractivity contribution in [3.05, 3.63) is 57.7 Å². The number of ether oxygens (including phenoxy) is 1. The Balaban J connectivity index is 1.82. The molecule has 0 saturated carbocycles. The van der Waals surface area contributed by atoms with Gasteiger partial charge in [0.25, 0.3) is 0 Å². The van der Waals surface area contributed by atoms with E-state index in [2.05, 4.69) is 45.9 Å². The van der Waals surface area contributed by atoms with Crippen molar-refractivity contribution in [2.24, 2.45) is 0 Å². The SMILES string of the molecule is CC(C)=CCC/C(C)=C/CC/C(C)=C/CCC1CC(=O)c2cc(O)c(C)c(C)c2O1. The number of fused-ring (bicyclic) bond motifs is 1. The Hall–Kier alpha value is -2.29. The van der Waals surface area contributed by atoms with E-state index in [9.17, 15) is 9.90 Å². The molecule has 0 amide bonds. The van der Waals surface area contributed by atoms with E-state index in [1.807, 2.05) is 13.8 Å². The maximum absolute atomic E-state index is 12.5. The molecule has 1 heterocycles. The molecule has 1 atom stereocenters. The van der Waals surface area contributed by atoms with E-state index in [1.165, 1.54) is 16.7 Å². The lowest BCUT2D eigenvalue weighted by Crippen LogP contribution is -2.27. The number of allylic oxidation sites excluding steroid dienone is 6. The summed E-state index contributed by atoms with van der Waals surface area (Å²) in [6.45, 7) is 12.5. The number of ketones is 1. The summed E-state index contributed by atoms with van der Waals surface area (Å²) < 4.78 is 6.14. The minimum Gasteiger partial charge on any atom is -0.508 e. The van der Waals surface area contributed by atoms with Crippen LogP contribution in [0, 0.1) is 13.8 Å². The predicted octanol–water partition coefficient (Wildman–Crippen LogP) is 7.54. The third-order valence-corrected chi connectivity index (χ3v) is 5.92. The number of hydrogen-bond acceptors (Lipinski definition) is 3. The summed E-state index contributed by atoms with van der Waals surface area (Å²) in [5.41, 5.74) is 6.40. The Labute approximate surface area is 182 Å². The van der Waals surface area contributed by atoms with E-state index < -0.39 is 0 Å². The van der Waals surface area contributed by atoms with E-state index in [4.69, 9.17) is 4.74 Å². The summed E-state index contributed by atoms with van der Waals surface area (Å²) in [6.07, 6.45) is 13.4. The number of benzene rings is 1. The first-order chi connectivity index (χ1) is 14.2. The molecule has 0 aliphatic carbocycles. The molecule has 3 heteroatoms. The zero-order valence-electron chi connectivity index (χ0n) is 19.6. The number of rotatable bonds is 9. The van der Waals surface area contributed by atoms with Crippen molar-refractivity contribution < 1.29 is 14.6 Å². The van der Waals surface area contributed by atoms with Crippen LogP contribution in [-0.4, -0.2) is 17.0 Å². The quantitative estimate of drug-likeness (QED) is 0.428. The first kappa shape index (κ1) is 24.0. The molecular weight excluding hydrogens is 372 g/mol. The van der Waals surface area contributed by atoms with E-state index in [-0.39, 0.29) is 17.6 Å². The van der Waals surface area contributed by atoms with Crippen LogP contribution >= 0.6 is 0 Å². The first-order valence-corrected chi connectivity index (χ1v) is 11.2. The fraction of sp³-hybridized carbons (Fsp3) is 0.519. The highest BCUT2D eigenvalue weighted by molar-refractivity contribution is 6.01. The van der Waals surface area contributed by atoms with Crippen molar-refractivity contribution in [2.75, 3.05) is 0 Å². The second-order valence-electron chi connectivity index (χ2n) is 8.93. The average Bonchev–Trinajstić information content (AvgIpc) is 2.67. The highest BCUT2D eigenvalue weighted by Crippen LogP contribution is 2.38. The topological polar surface area (TPSA) is 46.5 Å². The maximum atomic E-state index is 12.5. The molecule has 0 saturated heterocycles. The number of phenolic OH excluding ortho intramolecular Hbond substituents is 1. The molecule has 0 radical (unpaired) electrons. The highest BCUT2D eigenvalue weighted by Gasteiger charge is 2.29. The Morgan fingerprint density at radius 1 is 1.00 bits per heavy atom. The largest absolute Gasteiger partial charge is 0.508 e. The lowest BCUT2D eigenvalue weighted by Gasteiger charge is -2.27. The molecule has 1 aliphatic rings. The Morgan fingerprint density at radius 2 is 1.60 bits per heavy atom. The number of aromatic hydroxyl groups is 1. The van der Waals surface area contributed by atoms with Crippen LogP contribution in [0.2, 0.25) is 0 Å². The number of carbonyl (C=O) groups excluding carboxylic acids is 1. The van der Waals surface area contributed by atoms with Crippen molar-refractivity contribution in [1.29, 1.82) is 0 Å². The van der Waals surface area contributed by atoms with E-state index >= 15 is 0 Å². The van der Waals surface area contributed by atoms with Gasteiger partial charge < -0.3 is 9.84 Å². The van der Waals surface area contributed by atoms with Gasteiger partial charge in [-0.05, 0) is 97.3 Å². The van der Waals surface area contributed by atoms with Crippen LogP contribution in [0.1, 0.15) is 94.1 Å². The van der Waals surface area contributed by atoms with Crippen LogP contribution in [0.25, 0.3) is 0 Å². The zero-order valence-corrected chi connectivity index (χ0v) is 19.6. The minimum atomic E-state index is -0.0890. The van der Waals surface area contributed by atoms with Gasteiger partial charge in [-0.1, -0.05) is 34.9 Å². The lowest BCUT2D eigenvalue weighted by atomic mass is 9.93. The molecule has 2 rings (SSSR count). The Bertz CT molecular complexity index is 851. The third kappa shape index (κ3) is 6.90. The van der Waals surface area contributed by atoms with Gasteiger partial charge in [0.15, 0.2) is 5.78 Å². The van der Waals surface area contributed by atoms with Crippen LogP contribution in [0.5, 0.6) is 11.5 Å². The van der Waals surface area contributed by atoms with Gasteiger partial charge in [-0.3, -0.25) is 4.79 Å². The summed E-state index contributed by atoms with van der Waals surface area (Å²) in [5, 5.41) is 9.99. The average molecular weight is 411 g/mol. The van der Waals surface area contributed by atoms with Crippen LogP contribution in [-0.2, 0) is 0 Å². The van der Waals surface area contributed by atoms with Crippen molar-refractivity contribution in [3.63, 3.8) is 0 Å². The van der Waals surface area contributed by atoms with E-state index in [1.54, 1.807) is 6.07 Å². The Morgan fingerprint density at radius 3 is 2.23 bits per heavy atom. The zero-order chi connectivity index (χ0) is 22.3. The normalized spacial score (nSPS) is 16.9. The fourth-order valence-corrected chi connectivity index (χ4v) is 3.77. The van der Waals surface area contributed by atoms with Gasteiger partial charge in [-0.25, -0.2) is 0 Å². The van der Waals surface area contributed by atoms with Gasteiger partial charge in [0, 0.05) is 6.42 Å². The van der Waals surface area contributed by atoms with Crippen LogP contribution in [0.15, 0.2) is 41.0 Å². The molecule has 0 bridgehead atoms. The summed E-state index contributed by atoms with van der Waals surface area (Å²) in [4.78, 5) is 12.5. The minimum absolute atomic E-state index is 0.0640. The molecule has 1 N–H and O–H groups in total. The molecule has 0 spiro atoms. The third-order valence-electron chi connectivity index (χ3n) is 5.92. The summed E-state index contributed by atoms with van der Waals surface area (Å²) in [7, 11) is 0. The number of Topliss-reactive ketones (excluding diaryl/α,β-unsaturated/α-hetero) is 1. The molecule has 1 aliphatic heterocycles. The second kappa shape index (κ2) is 11.2. The molecular formula is C27H38O3. The molecule has 1 unspecified atom stereocenters. The monoisotopic (exact) mass is 410 g/mol. The molecule has 30 heavy (non-hydrogen) atoms. The van der Waals surface area contributed by atoms with Gasteiger partial charge in [-0.2, -0.15) is 0 Å². The highest BCUT2D eigenvalue weighted by atomic mass is 16.5. The molecule has 1 aromatic rings. The number of hydrogen-bond donors (Lipinski definition) is 1. The number of carbonyl (C=O) groups is 1. The first-order valence-electron chi connectivity index (χ1n) is 11.2. The maximum Gasteiger partial charge on any atom is 0.170 e. The standard InChI is InChI=1S/C27H38O3/c1-18(2)10-7-11-19(3)12-8-13-20(4)14-9-15-23-16-26(29)24-17-25(28)21(5)22(6)27(24)30-23/h10,12,14,17,23,28H,7-9,11,13,15-16H2,1-6H3/b19-12+,20-14+. The van der Waals surface area contributed by atoms with Crippen molar-refractivity contribution in [2.45, 2.75) is 92.6 Å².